The van der Waals surface area contributed by atoms with Crippen LogP contribution in [0.1, 0.15) is 37.3 Å². The SMILES string of the molecule is NNC(CCC1CCCO1)c1ccc(Br)c(F)c1. The fraction of sp³-hybridized carbons (Fsp3) is 0.538. The van der Waals surface area contributed by atoms with Gasteiger partial charge in [0.1, 0.15) is 5.82 Å². The van der Waals surface area contributed by atoms with Crippen LogP contribution in [0, 0.1) is 5.82 Å². The highest BCUT2D eigenvalue weighted by Gasteiger charge is 2.18. The third-order valence-corrected chi connectivity index (χ3v) is 3.99. The predicted molar refractivity (Wildman–Crippen MR) is 72.4 cm³/mol. The van der Waals surface area contributed by atoms with Gasteiger partial charge >= 0.3 is 0 Å². The van der Waals surface area contributed by atoms with Gasteiger partial charge in [0.2, 0.25) is 0 Å². The van der Waals surface area contributed by atoms with E-state index in [9.17, 15) is 4.39 Å². The molecule has 18 heavy (non-hydrogen) atoms. The Morgan fingerprint density at radius 3 is 3.00 bits per heavy atom. The second kappa shape index (κ2) is 6.61. The van der Waals surface area contributed by atoms with Crippen molar-refractivity contribution in [1.29, 1.82) is 0 Å². The van der Waals surface area contributed by atoms with E-state index in [0.717, 1.165) is 37.9 Å². The van der Waals surface area contributed by atoms with Crippen molar-refractivity contribution in [3.63, 3.8) is 0 Å². The molecule has 5 heteroatoms. The number of benzene rings is 1. The van der Waals surface area contributed by atoms with Crippen molar-refractivity contribution < 1.29 is 9.13 Å². The van der Waals surface area contributed by atoms with E-state index in [1.807, 2.05) is 6.07 Å². The van der Waals surface area contributed by atoms with Crippen LogP contribution in [0.25, 0.3) is 0 Å². The molecule has 100 valence electrons. The summed E-state index contributed by atoms with van der Waals surface area (Å²) in [7, 11) is 0. The molecule has 1 aliphatic heterocycles. The molecular formula is C13H18BrFN2O. The number of hydrogen-bond acceptors (Lipinski definition) is 3. The van der Waals surface area contributed by atoms with E-state index in [1.54, 1.807) is 6.07 Å². The number of nitrogens with two attached hydrogens (primary N) is 1. The summed E-state index contributed by atoms with van der Waals surface area (Å²) in [6, 6.07) is 5.08. The van der Waals surface area contributed by atoms with Gasteiger partial charge < -0.3 is 4.74 Å². The van der Waals surface area contributed by atoms with Crippen molar-refractivity contribution in [2.24, 2.45) is 5.84 Å². The molecule has 1 aromatic rings. The van der Waals surface area contributed by atoms with Crippen molar-refractivity contribution in [2.45, 2.75) is 37.8 Å². The third-order valence-electron chi connectivity index (χ3n) is 3.35. The lowest BCUT2D eigenvalue weighted by atomic mass is 10.00. The highest BCUT2D eigenvalue weighted by Crippen LogP contribution is 2.26. The Morgan fingerprint density at radius 2 is 2.39 bits per heavy atom. The molecule has 0 aromatic heterocycles. The van der Waals surface area contributed by atoms with Crippen LogP contribution in [0.3, 0.4) is 0 Å². The van der Waals surface area contributed by atoms with Gasteiger partial charge in [-0.25, -0.2) is 4.39 Å². The summed E-state index contributed by atoms with van der Waals surface area (Å²) in [6.07, 6.45) is 4.39. The maximum Gasteiger partial charge on any atom is 0.137 e. The van der Waals surface area contributed by atoms with Crippen LogP contribution in [-0.2, 0) is 4.74 Å². The van der Waals surface area contributed by atoms with Gasteiger partial charge in [0.05, 0.1) is 10.6 Å². The minimum atomic E-state index is -0.259. The first kappa shape index (κ1) is 13.9. The number of hydrazine groups is 1. The molecule has 3 N–H and O–H groups in total. The molecule has 1 aliphatic rings. The van der Waals surface area contributed by atoms with Gasteiger partial charge in [-0.05, 0) is 59.3 Å². The van der Waals surface area contributed by atoms with Crippen LogP contribution < -0.4 is 11.3 Å². The van der Waals surface area contributed by atoms with E-state index in [4.69, 9.17) is 10.6 Å². The lowest BCUT2D eigenvalue weighted by Crippen LogP contribution is -2.29. The Labute approximate surface area is 115 Å². The molecule has 1 heterocycles. The van der Waals surface area contributed by atoms with E-state index in [1.165, 1.54) is 6.07 Å². The average Bonchev–Trinajstić information content (AvgIpc) is 2.87. The van der Waals surface area contributed by atoms with Crippen LogP contribution in [0.5, 0.6) is 0 Å². The van der Waals surface area contributed by atoms with Crippen molar-refractivity contribution in [2.75, 3.05) is 6.61 Å². The lowest BCUT2D eigenvalue weighted by Gasteiger charge is -2.18. The summed E-state index contributed by atoms with van der Waals surface area (Å²) in [4.78, 5) is 0. The summed E-state index contributed by atoms with van der Waals surface area (Å²) in [5, 5.41) is 0. The zero-order chi connectivity index (χ0) is 13.0. The predicted octanol–water partition coefficient (Wildman–Crippen LogP) is 3.05. The quantitative estimate of drug-likeness (QED) is 0.648. The third kappa shape index (κ3) is 3.51. The Kier molecular flexibility index (Phi) is 5.12. The zero-order valence-electron chi connectivity index (χ0n) is 10.2. The van der Waals surface area contributed by atoms with Crippen LogP contribution in [0.15, 0.2) is 22.7 Å². The van der Waals surface area contributed by atoms with Crippen LogP contribution in [0.2, 0.25) is 0 Å². The Bertz CT molecular complexity index is 397. The number of nitrogens with one attached hydrogen (secondary N) is 1. The Balaban J connectivity index is 1.96. The molecule has 2 atom stereocenters. The molecule has 0 saturated carbocycles. The molecule has 2 unspecified atom stereocenters. The van der Waals surface area contributed by atoms with Crippen molar-refractivity contribution in [3.05, 3.63) is 34.1 Å². The maximum atomic E-state index is 13.5. The molecule has 0 amide bonds. The second-order valence-corrected chi connectivity index (χ2v) is 5.46. The fourth-order valence-corrected chi connectivity index (χ4v) is 2.55. The molecule has 3 nitrogen and oxygen atoms in total. The minimum absolute atomic E-state index is 0.0307. The first-order valence-electron chi connectivity index (χ1n) is 6.23. The molecule has 0 radical (unpaired) electrons. The molecular weight excluding hydrogens is 299 g/mol. The standard InChI is InChI=1S/C13H18BrFN2O/c14-11-5-3-9(8-12(11)15)13(17-16)6-4-10-2-1-7-18-10/h3,5,8,10,13,17H,1-2,4,6-7,16H2. The number of hydrogen-bond donors (Lipinski definition) is 2. The number of halogens is 2. The first-order chi connectivity index (χ1) is 8.70. The second-order valence-electron chi connectivity index (χ2n) is 4.61. The monoisotopic (exact) mass is 316 g/mol. The number of rotatable bonds is 5. The summed E-state index contributed by atoms with van der Waals surface area (Å²) in [6.45, 7) is 0.859. The molecule has 0 aliphatic carbocycles. The maximum absolute atomic E-state index is 13.5. The van der Waals surface area contributed by atoms with Crippen LogP contribution in [-0.4, -0.2) is 12.7 Å². The van der Waals surface area contributed by atoms with Gasteiger partial charge in [-0.2, -0.15) is 0 Å². The Morgan fingerprint density at radius 1 is 1.56 bits per heavy atom. The topological polar surface area (TPSA) is 47.3 Å². The average molecular weight is 317 g/mol. The fourth-order valence-electron chi connectivity index (χ4n) is 2.30. The summed E-state index contributed by atoms with van der Waals surface area (Å²) >= 11 is 3.15. The highest BCUT2D eigenvalue weighted by molar-refractivity contribution is 9.10. The van der Waals surface area contributed by atoms with Gasteiger partial charge in [0, 0.05) is 12.6 Å². The van der Waals surface area contributed by atoms with Gasteiger partial charge in [0.25, 0.3) is 0 Å². The van der Waals surface area contributed by atoms with Crippen molar-refractivity contribution >= 4 is 15.9 Å². The molecule has 0 bridgehead atoms. The summed E-state index contributed by atoms with van der Waals surface area (Å²) in [5.74, 6) is 5.29. The molecule has 0 spiro atoms. The van der Waals surface area contributed by atoms with Crippen LogP contribution >= 0.6 is 15.9 Å². The summed E-state index contributed by atoms with van der Waals surface area (Å²) < 4.78 is 19.5. The summed E-state index contributed by atoms with van der Waals surface area (Å²) in [5.41, 5.74) is 3.62. The van der Waals surface area contributed by atoms with E-state index in [0.29, 0.717) is 10.6 Å². The highest BCUT2D eigenvalue weighted by atomic mass is 79.9. The van der Waals surface area contributed by atoms with Gasteiger partial charge in [-0.1, -0.05) is 6.07 Å². The van der Waals surface area contributed by atoms with Crippen molar-refractivity contribution in [1.82, 2.24) is 5.43 Å². The molecule has 1 saturated heterocycles. The normalized spacial score (nSPS) is 21.2. The Hall–Kier alpha value is -0.490. The molecule has 1 fully saturated rings. The van der Waals surface area contributed by atoms with E-state index in [2.05, 4.69) is 21.4 Å². The molecule has 1 aromatic carbocycles. The largest absolute Gasteiger partial charge is 0.378 e. The van der Waals surface area contributed by atoms with E-state index in [-0.39, 0.29) is 11.9 Å². The first-order valence-corrected chi connectivity index (χ1v) is 7.02. The van der Waals surface area contributed by atoms with Gasteiger partial charge in [-0.3, -0.25) is 11.3 Å². The van der Waals surface area contributed by atoms with E-state index >= 15 is 0 Å². The molecule has 2 rings (SSSR count). The van der Waals surface area contributed by atoms with Gasteiger partial charge in [0.15, 0.2) is 0 Å². The van der Waals surface area contributed by atoms with E-state index < -0.39 is 0 Å². The van der Waals surface area contributed by atoms with Crippen molar-refractivity contribution in [3.8, 4) is 0 Å². The lowest BCUT2D eigenvalue weighted by molar-refractivity contribution is 0.0996. The minimum Gasteiger partial charge on any atom is -0.378 e. The van der Waals surface area contributed by atoms with Gasteiger partial charge in [-0.15, -0.1) is 0 Å². The number of ether oxygens (including phenoxy) is 1. The van der Waals surface area contributed by atoms with Crippen LogP contribution in [0.4, 0.5) is 4.39 Å². The smallest absolute Gasteiger partial charge is 0.137 e. The zero-order valence-corrected chi connectivity index (χ0v) is 11.7.